The molecular formula is C19H20F5N3O. The molecule has 9 heteroatoms. The SMILES string of the molecule is CC(F)(F)CCCCn1ccc(NC(=O)/C=C\c2ccc(C(F)(F)F)cc2)n1. The number of aryl methyl sites for hydroxylation is 1. The van der Waals surface area contributed by atoms with Crippen molar-refractivity contribution < 1.29 is 26.7 Å². The fourth-order valence-electron chi connectivity index (χ4n) is 2.39. The lowest BCUT2D eigenvalue weighted by atomic mass is 10.1. The van der Waals surface area contributed by atoms with E-state index < -0.39 is 23.6 Å². The molecule has 0 atom stereocenters. The van der Waals surface area contributed by atoms with Crippen molar-refractivity contribution in [3.8, 4) is 0 Å². The summed E-state index contributed by atoms with van der Waals surface area (Å²) in [6.45, 7) is 1.33. The van der Waals surface area contributed by atoms with E-state index in [1.54, 1.807) is 16.9 Å². The van der Waals surface area contributed by atoms with Crippen LogP contribution in [0.25, 0.3) is 6.08 Å². The van der Waals surface area contributed by atoms with E-state index in [1.807, 2.05) is 0 Å². The van der Waals surface area contributed by atoms with Crippen molar-refractivity contribution in [1.82, 2.24) is 9.78 Å². The Balaban J connectivity index is 1.81. The number of carbonyl (C=O) groups excluding carboxylic acids is 1. The minimum atomic E-state index is -4.41. The number of hydrogen-bond donors (Lipinski definition) is 1. The maximum atomic E-state index is 12.7. The Morgan fingerprint density at radius 3 is 2.39 bits per heavy atom. The zero-order chi connectivity index (χ0) is 20.8. The summed E-state index contributed by atoms with van der Waals surface area (Å²) in [5.74, 6) is -2.87. The average Bonchev–Trinajstić information content (AvgIpc) is 3.03. The molecule has 1 aromatic carbocycles. The van der Waals surface area contributed by atoms with Gasteiger partial charge in [-0.05, 0) is 43.5 Å². The van der Waals surface area contributed by atoms with Crippen LogP contribution in [0, 0.1) is 0 Å². The Labute approximate surface area is 159 Å². The van der Waals surface area contributed by atoms with Gasteiger partial charge >= 0.3 is 6.18 Å². The largest absolute Gasteiger partial charge is 0.416 e. The molecule has 152 valence electrons. The summed E-state index contributed by atoms with van der Waals surface area (Å²) in [6, 6.07) is 5.97. The summed E-state index contributed by atoms with van der Waals surface area (Å²) in [6.07, 6.45) is 0.497. The van der Waals surface area contributed by atoms with Gasteiger partial charge in [-0.15, -0.1) is 0 Å². The average molecular weight is 401 g/mol. The summed E-state index contributed by atoms with van der Waals surface area (Å²) in [7, 11) is 0. The van der Waals surface area contributed by atoms with Crippen LogP contribution in [0.2, 0.25) is 0 Å². The van der Waals surface area contributed by atoms with Crippen molar-refractivity contribution in [3.63, 3.8) is 0 Å². The quantitative estimate of drug-likeness (QED) is 0.367. The second-order valence-electron chi connectivity index (χ2n) is 6.43. The number of hydrogen-bond acceptors (Lipinski definition) is 2. The van der Waals surface area contributed by atoms with Crippen molar-refractivity contribution in [3.05, 3.63) is 53.7 Å². The van der Waals surface area contributed by atoms with Crippen LogP contribution < -0.4 is 5.32 Å². The summed E-state index contributed by atoms with van der Waals surface area (Å²) in [5.41, 5.74) is -0.316. The Morgan fingerprint density at radius 2 is 1.79 bits per heavy atom. The van der Waals surface area contributed by atoms with Crippen molar-refractivity contribution in [2.45, 2.75) is 44.8 Å². The highest BCUT2D eigenvalue weighted by atomic mass is 19.4. The smallest absolute Gasteiger partial charge is 0.306 e. The molecule has 0 bridgehead atoms. The number of alkyl halides is 5. The highest BCUT2D eigenvalue weighted by Gasteiger charge is 2.29. The molecule has 0 unspecified atom stereocenters. The normalized spacial score (nSPS) is 12.5. The lowest BCUT2D eigenvalue weighted by molar-refractivity contribution is -0.137. The number of rotatable bonds is 8. The fraction of sp³-hybridized carbons (Fsp3) is 0.368. The molecule has 2 aromatic rings. The third kappa shape index (κ3) is 7.50. The lowest BCUT2D eigenvalue weighted by Gasteiger charge is -2.09. The monoisotopic (exact) mass is 401 g/mol. The van der Waals surface area contributed by atoms with E-state index in [2.05, 4.69) is 10.4 Å². The first-order chi connectivity index (χ1) is 13.0. The number of anilines is 1. The predicted octanol–water partition coefficient (Wildman–Crippen LogP) is 5.38. The topological polar surface area (TPSA) is 46.9 Å². The molecule has 1 N–H and O–H groups in total. The van der Waals surface area contributed by atoms with Gasteiger partial charge in [0.25, 0.3) is 0 Å². The highest BCUT2D eigenvalue weighted by molar-refractivity contribution is 6.01. The van der Waals surface area contributed by atoms with Gasteiger partial charge in [0.2, 0.25) is 11.8 Å². The Morgan fingerprint density at radius 1 is 1.11 bits per heavy atom. The van der Waals surface area contributed by atoms with Crippen LogP contribution in [0.3, 0.4) is 0 Å². The minimum Gasteiger partial charge on any atom is -0.306 e. The first-order valence-corrected chi connectivity index (χ1v) is 8.60. The third-order valence-corrected chi connectivity index (χ3v) is 3.81. The number of unbranched alkanes of at least 4 members (excludes halogenated alkanes) is 1. The molecule has 1 aromatic heterocycles. The third-order valence-electron chi connectivity index (χ3n) is 3.81. The van der Waals surface area contributed by atoms with E-state index >= 15 is 0 Å². The second kappa shape index (κ2) is 8.99. The van der Waals surface area contributed by atoms with Gasteiger partial charge in [-0.3, -0.25) is 9.48 Å². The minimum absolute atomic E-state index is 0.188. The van der Waals surface area contributed by atoms with Crippen LogP contribution in [0.5, 0.6) is 0 Å². The predicted molar refractivity (Wildman–Crippen MR) is 95.8 cm³/mol. The summed E-state index contributed by atoms with van der Waals surface area (Å²) in [5, 5.41) is 6.64. The van der Waals surface area contributed by atoms with Gasteiger partial charge in [0.15, 0.2) is 5.82 Å². The van der Waals surface area contributed by atoms with E-state index in [0.717, 1.165) is 19.1 Å². The van der Waals surface area contributed by atoms with E-state index in [4.69, 9.17) is 0 Å². The number of amides is 1. The second-order valence-corrected chi connectivity index (χ2v) is 6.43. The molecule has 28 heavy (non-hydrogen) atoms. The van der Waals surface area contributed by atoms with E-state index in [0.29, 0.717) is 30.8 Å². The zero-order valence-corrected chi connectivity index (χ0v) is 15.1. The molecule has 0 aliphatic carbocycles. The number of aromatic nitrogens is 2. The van der Waals surface area contributed by atoms with E-state index in [-0.39, 0.29) is 6.42 Å². The van der Waals surface area contributed by atoms with Crippen molar-refractivity contribution in [1.29, 1.82) is 0 Å². The van der Waals surface area contributed by atoms with Crippen LogP contribution >= 0.6 is 0 Å². The van der Waals surface area contributed by atoms with Gasteiger partial charge in [0.05, 0.1) is 5.56 Å². The van der Waals surface area contributed by atoms with Crippen LogP contribution in [-0.4, -0.2) is 21.6 Å². The Kier molecular flexibility index (Phi) is 6.93. The molecule has 1 heterocycles. The summed E-state index contributed by atoms with van der Waals surface area (Å²) in [4.78, 5) is 11.9. The van der Waals surface area contributed by atoms with Crippen LogP contribution in [0.15, 0.2) is 42.6 Å². The van der Waals surface area contributed by atoms with Gasteiger partial charge in [-0.25, -0.2) is 8.78 Å². The summed E-state index contributed by atoms with van der Waals surface area (Å²) >= 11 is 0. The molecule has 0 spiro atoms. The molecular weight excluding hydrogens is 381 g/mol. The van der Waals surface area contributed by atoms with Crippen molar-refractivity contribution in [2.24, 2.45) is 0 Å². The molecule has 0 radical (unpaired) electrons. The number of nitrogens with zero attached hydrogens (tertiary/aromatic N) is 2. The maximum absolute atomic E-state index is 12.7. The number of halogens is 5. The molecule has 0 aliphatic rings. The first kappa shape index (κ1) is 21.6. The number of benzene rings is 1. The molecule has 0 saturated carbocycles. The Hall–Kier alpha value is -2.71. The standard InChI is InChI=1S/C19H20F5N3O/c1-18(20,21)11-2-3-12-27-13-10-16(26-27)25-17(28)9-6-14-4-7-15(8-5-14)19(22,23)24/h4-10,13H,2-3,11-12H2,1H3,(H,25,26,28)/b9-6-. The molecule has 0 saturated heterocycles. The van der Waals surface area contributed by atoms with Gasteiger partial charge < -0.3 is 5.32 Å². The molecule has 4 nitrogen and oxygen atoms in total. The Bertz CT molecular complexity index is 804. The van der Waals surface area contributed by atoms with Crippen LogP contribution in [0.4, 0.5) is 27.8 Å². The lowest BCUT2D eigenvalue weighted by Crippen LogP contribution is -2.10. The number of nitrogens with one attached hydrogen (secondary N) is 1. The molecule has 0 fully saturated rings. The maximum Gasteiger partial charge on any atom is 0.416 e. The van der Waals surface area contributed by atoms with Gasteiger partial charge in [-0.2, -0.15) is 18.3 Å². The van der Waals surface area contributed by atoms with Crippen LogP contribution in [-0.2, 0) is 17.5 Å². The van der Waals surface area contributed by atoms with E-state index in [9.17, 15) is 26.7 Å². The molecule has 1 amide bonds. The van der Waals surface area contributed by atoms with Gasteiger partial charge in [-0.1, -0.05) is 12.1 Å². The van der Waals surface area contributed by atoms with E-state index in [1.165, 1.54) is 24.3 Å². The summed E-state index contributed by atoms with van der Waals surface area (Å²) < 4.78 is 64.5. The van der Waals surface area contributed by atoms with Gasteiger partial charge in [0.1, 0.15) is 0 Å². The first-order valence-electron chi connectivity index (χ1n) is 8.60. The van der Waals surface area contributed by atoms with Crippen molar-refractivity contribution in [2.75, 3.05) is 5.32 Å². The molecule has 2 rings (SSSR count). The van der Waals surface area contributed by atoms with Gasteiger partial charge in [0, 0.05) is 31.3 Å². The molecule has 0 aliphatic heterocycles. The highest BCUT2D eigenvalue weighted by Crippen LogP contribution is 2.29. The fourth-order valence-corrected chi connectivity index (χ4v) is 2.39. The van der Waals surface area contributed by atoms with Crippen molar-refractivity contribution >= 4 is 17.8 Å². The number of carbonyl (C=O) groups is 1. The van der Waals surface area contributed by atoms with Crippen LogP contribution in [0.1, 0.15) is 37.3 Å². The zero-order valence-electron chi connectivity index (χ0n) is 15.1.